The van der Waals surface area contributed by atoms with Gasteiger partial charge in [0.15, 0.2) is 0 Å². The molecule has 3 N–H and O–H groups in total. The average Bonchev–Trinajstić information content (AvgIpc) is 2.81. The number of hydrogen-bond donors (Lipinski definition) is 3. The minimum absolute atomic E-state index is 0.000436. The van der Waals surface area contributed by atoms with Gasteiger partial charge in [0.1, 0.15) is 5.82 Å². The molecule has 1 aromatic rings. The van der Waals surface area contributed by atoms with Gasteiger partial charge in [0.25, 0.3) is 0 Å². The molecule has 2 saturated carbocycles. The number of fused-ring (bicyclic) bond motifs is 1. The average molecular weight is 474 g/mol. The quantitative estimate of drug-likeness (QED) is 0.588. The van der Waals surface area contributed by atoms with Crippen LogP contribution >= 0.6 is 0 Å². The summed E-state index contributed by atoms with van der Waals surface area (Å²) in [6.45, 7) is 8.01. The summed E-state index contributed by atoms with van der Waals surface area (Å²) in [6.07, 6.45) is 6.35. The number of aliphatic hydroxyl groups excluding tert-OH is 1. The fourth-order valence-electron chi connectivity index (χ4n) is 6.98. The van der Waals surface area contributed by atoms with Crippen LogP contribution in [0.3, 0.4) is 0 Å². The maximum Gasteiger partial charge on any atom is 0.319 e. The van der Waals surface area contributed by atoms with Gasteiger partial charge in [-0.05, 0) is 86.3 Å². The predicted molar refractivity (Wildman–Crippen MR) is 131 cm³/mol. The fourth-order valence-corrected chi connectivity index (χ4v) is 6.98. The molecule has 4 rings (SSSR count). The van der Waals surface area contributed by atoms with Gasteiger partial charge in [-0.2, -0.15) is 0 Å². The number of carbonyl (C=O) groups is 2. The third-order valence-corrected chi connectivity index (χ3v) is 8.99. The molecule has 7 heteroatoms. The summed E-state index contributed by atoms with van der Waals surface area (Å²) in [7, 11) is 0. The van der Waals surface area contributed by atoms with Crippen molar-refractivity contribution in [3.63, 3.8) is 0 Å². The Labute approximate surface area is 202 Å². The molecule has 6 nitrogen and oxygen atoms in total. The third kappa shape index (κ3) is 5.09. The molecule has 34 heavy (non-hydrogen) atoms. The van der Waals surface area contributed by atoms with E-state index in [0.717, 1.165) is 51.6 Å². The molecule has 1 aliphatic heterocycles. The van der Waals surface area contributed by atoms with Gasteiger partial charge >= 0.3 is 6.03 Å². The number of nitrogens with zero attached hydrogens (tertiary/aromatic N) is 1. The smallest absolute Gasteiger partial charge is 0.319 e. The number of aliphatic hydroxyl groups is 1. The summed E-state index contributed by atoms with van der Waals surface area (Å²) in [5, 5.41) is 17.4. The van der Waals surface area contributed by atoms with Crippen LogP contribution < -0.4 is 10.6 Å². The van der Waals surface area contributed by atoms with Crippen molar-refractivity contribution < 1.29 is 19.1 Å². The molecule has 0 unspecified atom stereocenters. The Bertz CT molecular complexity index is 890. The lowest BCUT2D eigenvalue weighted by Crippen LogP contribution is -2.59. The van der Waals surface area contributed by atoms with Crippen LogP contribution in [0.25, 0.3) is 0 Å². The lowest BCUT2D eigenvalue weighted by atomic mass is 9.51. The van der Waals surface area contributed by atoms with Gasteiger partial charge in [-0.3, -0.25) is 4.79 Å². The molecular formula is C27H40FN3O3. The predicted octanol–water partition coefficient (Wildman–Crippen LogP) is 4.79. The Hall–Kier alpha value is -2.15. The van der Waals surface area contributed by atoms with E-state index < -0.39 is 11.9 Å². The summed E-state index contributed by atoms with van der Waals surface area (Å²) < 4.78 is 13.5. The lowest BCUT2D eigenvalue weighted by molar-refractivity contribution is -0.150. The second-order valence-electron chi connectivity index (χ2n) is 11.2. The Morgan fingerprint density at radius 1 is 1.18 bits per heavy atom. The van der Waals surface area contributed by atoms with Crippen LogP contribution in [-0.4, -0.2) is 47.2 Å². The van der Waals surface area contributed by atoms with Crippen molar-refractivity contribution in [1.82, 2.24) is 10.2 Å². The van der Waals surface area contributed by atoms with E-state index in [9.17, 15) is 19.1 Å². The van der Waals surface area contributed by atoms with Crippen molar-refractivity contribution in [2.24, 2.45) is 29.1 Å². The van der Waals surface area contributed by atoms with Gasteiger partial charge in [0.2, 0.25) is 5.91 Å². The van der Waals surface area contributed by atoms with Crippen LogP contribution in [0.1, 0.15) is 65.7 Å². The lowest BCUT2D eigenvalue weighted by Gasteiger charge is -2.56. The second-order valence-corrected chi connectivity index (χ2v) is 11.2. The molecule has 3 aliphatic rings. The van der Waals surface area contributed by atoms with E-state index in [1.54, 1.807) is 12.1 Å². The molecule has 0 bridgehead atoms. The first-order valence-corrected chi connectivity index (χ1v) is 13.0. The van der Waals surface area contributed by atoms with E-state index in [1.165, 1.54) is 18.6 Å². The van der Waals surface area contributed by atoms with Gasteiger partial charge in [-0.15, -0.1) is 0 Å². The number of rotatable bonds is 4. The van der Waals surface area contributed by atoms with Gasteiger partial charge in [-0.1, -0.05) is 26.8 Å². The molecule has 1 aromatic carbocycles. The van der Waals surface area contributed by atoms with Crippen LogP contribution in [0.5, 0.6) is 0 Å². The zero-order valence-corrected chi connectivity index (χ0v) is 20.7. The maximum absolute atomic E-state index is 13.5. The topological polar surface area (TPSA) is 81.7 Å². The molecule has 0 radical (unpaired) electrons. The van der Waals surface area contributed by atoms with Crippen molar-refractivity contribution in [2.75, 3.05) is 18.4 Å². The first kappa shape index (κ1) is 25.0. The molecule has 188 valence electrons. The zero-order valence-electron chi connectivity index (χ0n) is 20.7. The molecule has 7 atom stereocenters. The minimum atomic E-state index is -0.576. The number of benzene rings is 1. The number of halogens is 1. The zero-order chi connectivity index (χ0) is 24.5. The van der Waals surface area contributed by atoms with Crippen molar-refractivity contribution in [3.8, 4) is 0 Å². The van der Waals surface area contributed by atoms with Crippen LogP contribution in [-0.2, 0) is 4.79 Å². The van der Waals surface area contributed by atoms with Gasteiger partial charge < -0.3 is 20.6 Å². The molecule has 0 aromatic heterocycles. The number of amides is 3. The Balaban J connectivity index is 1.42. The number of carbonyl (C=O) groups excluding carboxylic acids is 2. The highest BCUT2D eigenvalue weighted by molar-refractivity contribution is 5.89. The second kappa shape index (κ2) is 10.2. The molecular weight excluding hydrogens is 433 g/mol. The number of likely N-dealkylation sites (tertiary alicyclic amines) is 1. The highest BCUT2D eigenvalue weighted by Gasteiger charge is 2.54. The highest BCUT2D eigenvalue weighted by Crippen LogP contribution is 2.55. The molecule has 2 aliphatic carbocycles. The van der Waals surface area contributed by atoms with E-state index in [1.807, 2.05) is 11.8 Å². The maximum atomic E-state index is 13.5. The first-order valence-electron chi connectivity index (χ1n) is 13.0. The SMILES string of the molecule is C[C@@H]1[C@@H]2[C@@H](O)[C@H]([C@H](C)C(=O)N3CCCCC3)CC[C@]2(C)CC[C@@H]1NC(=O)Nc1cccc(F)c1. The molecule has 3 fully saturated rings. The monoisotopic (exact) mass is 473 g/mol. The molecule has 1 saturated heterocycles. The van der Waals surface area contributed by atoms with Crippen LogP contribution in [0.15, 0.2) is 24.3 Å². The van der Waals surface area contributed by atoms with Crippen LogP contribution in [0.2, 0.25) is 0 Å². The van der Waals surface area contributed by atoms with Crippen molar-refractivity contribution >= 4 is 17.6 Å². The number of anilines is 1. The van der Waals surface area contributed by atoms with Crippen molar-refractivity contribution in [1.29, 1.82) is 0 Å². The summed E-state index contributed by atoms with van der Waals surface area (Å²) in [6, 6.07) is 5.39. The van der Waals surface area contributed by atoms with Gasteiger partial charge in [0, 0.05) is 30.7 Å². The van der Waals surface area contributed by atoms with E-state index in [2.05, 4.69) is 24.5 Å². The Kier molecular flexibility index (Phi) is 7.51. The van der Waals surface area contributed by atoms with E-state index in [-0.39, 0.29) is 47.1 Å². The van der Waals surface area contributed by atoms with Crippen LogP contribution in [0.4, 0.5) is 14.9 Å². The van der Waals surface area contributed by atoms with Crippen molar-refractivity contribution in [3.05, 3.63) is 30.1 Å². The molecule has 0 spiro atoms. The normalized spacial score (nSPS) is 34.6. The molecule has 1 heterocycles. The largest absolute Gasteiger partial charge is 0.392 e. The fraction of sp³-hybridized carbons (Fsp3) is 0.704. The van der Waals surface area contributed by atoms with Gasteiger partial charge in [-0.25, -0.2) is 9.18 Å². The van der Waals surface area contributed by atoms with E-state index in [4.69, 9.17) is 0 Å². The van der Waals surface area contributed by atoms with Gasteiger partial charge in [0.05, 0.1) is 6.10 Å². The number of urea groups is 1. The summed E-state index contributed by atoms with van der Waals surface area (Å²) in [5.74, 6) is -0.406. The Morgan fingerprint density at radius 2 is 1.88 bits per heavy atom. The van der Waals surface area contributed by atoms with Crippen molar-refractivity contribution in [2.45, 2.75) is 77.9 Å². The third-order valence-electron chi connectivity index (χ3n) is 8.99. The Morgan fingerprint density at radius 3 is 2.59 bits per heavy atom. The van der Waals surface area contributed by atoms with E-state index in [0.29, 0.717) is 5.69 Å². The summed E-state index contributed by atoms with van der Waals surface area (Å²) in [5.41, 5.74) is 0.411. The van der Waals surface area contributed by atoms with E-state index >= 15 is 0 Å². The number of nitrogens with one attached hydrogen (secondary N) is 2. The number of hydrogen-bond acceptors (Lipinski definition) is 3. The number of piperidine rings is 1. The summed E-state index contributed by atoms with van der Waals surface area (Å²) >= 11 is 0. The standard InChI is InChI=1S/C27H40FN3O3/c1-17(25(33)31-14-5-4-6-15-31)21-10-12-27(3)13-11-22(18(2)23(27)24(21)32)30-26(34)29-20-9-7-8-19(28)16-20/h7-9,16-18,21-24,32H,4-6,10-15H2,1-3H3,(H2,29,30,34)/t17-,18-,21-,22-,23+,24-,27+/m0/s1. The summed E-state index contributed by atoms with van der Waals surface area (Å²) in [4.78, 5) is 27.8. The first-order chi connectivity index (χ1) is 16.2. The molecule has 3 amide bonds. The minimum Gasteiger partial charge on any atom is -0.392 e. The van der Waals surface area contributed by atoms with Crippen LogP contribution in [0, 0.1) is 34.9 Å². The highest BCUT2D eigenvalue weighted by atomic mass is 19.1.